The predicted octanol–water partition coefficient (Wildman–Crippen LogP) is 4.70. The third-order valence-electron chi connectivity index (χ3n) is 4.70. The van der Waals surface area contributed by atoms with Crippen LogP contribution in [-0.4, -0.2) is 41.1 Å². The van der Waals surface area contributed by atoms with E-state index in [9.17, 15) is 13.6 Å². The highest BCUT2D eigenvalue weighted by Gasteiger charge is 2.31. The molecule has 0 radical (unpaired) electrons. The summed E-state index contributed by atoms with van der Waals surface area (Å²) in [6, 6.07) is 13.0. The molecule has 1 saturated heterocycles. The summed E-state index contributed by atoms with van der Waals surface area (Å²) in [6.07, 6.45) is 0. The number of halogens is 2. The molecule has 1 fully saturated rings. The fraction of sp³-hybridized carbons (Fsp3) is 0.409. The van der Waals surface area contributed by atoms with Crippen molar-refractivity contribution >= 4 is 17.7 Å². The highest BCUT2D eigenvalue weighted by atomic mass is 32.2. The maximum absolute atomic E-state index is 14.1. The zero-order valence-corrected chi connectivity index (χ0v) is 17.1. The van der Waals surface area contributed by atoms with Gasteiger partial charge in [0, 0.05) is 31.0 Å². The Kier molecular flexibility index (Phi) is 7.08. The van der Waals surface area contributed by atoms with E-state index in [1.54, 1.807) is 36.0 Å². The molecule has 3 rings (SSSR count). The van der Waals surface area contributed by atoms with Gasteiger partial charge >= 0.3 is 0 Å². The molecule has 28 heavy (non-hydrogen) atoms. The second-order valence-electron chi connectivity index (χ2n) is 7.52. The van der Waals surface area contributed by atoms with Gasteiger partial charge in [-0.15, -0.1) is 11.8 Å². The van der Waals surface area contributed by atoms with Gasteiger partial charge in [-0.3, -0.25) is 9.69 Å². The van der Waals surface area contributed by atoms with Crippen LogP contribution in [0, 0.1) is 17.6 Å². The molecule has 0 aliphatic carbocycles. The van der Waals surface area contributed by atoms with Crippen molar-refractivity contribution in [1.29, 1.82) is 0 Å². The molecule has 0 spiro atoms. The van der Waals surface area contributed by atoms with Gasteiger partial charge in [0.2, 0.25) is 5.91 Å². The second kappa shape index (κ2) is 9.52. The lowest BCUT2D eigenvalue weighted by atomic mass is 10.1. The predicted molar refractivity (Wildman–Crippen MR) is 110 cm³/mol. The first-order valence-electron chi connectivity index (χ1n) is 9.56. The number of nitrogens with zero attached hydrogens (tertiary/aromatic N) is 2. The topological polar surface area (TPSA) is 23.6 Å². The summed E-state index contributed by atoms with van der Waals surface area (Å²) in [5.74, 6) is 0.713. The molecule has 2 aromatic rings. The van der Waals surface area contributed by atoms with Crippen molar-refractivity contribution in [2.45, 2.75) is 25.8 Å². The van der Waals surface area contributed by atoms with Crippen LogP contribution in [0.25, 0.3) is 0 Å². The number of amides is 1. The monoisotopic (exact) mass is 404 g/mol. The van der Waals surface area contributed by atoms with Crippen LogP contribution >= 0.6 is 11.8 Å². The van der Waals surface area contributed by atoms with Crippen molar-refractivity contribution in [3.63, 3.8) is 0 Å². The molecule has 0 saturated carbocycles. The number of carbonyl (C=O) groups excluding carboxylic acids is 1. The van der Waals surface area contributed by atoms with Crippen LogP contribution in [0.2, 0.25) is 0 Å². The van der Waals surface area contributed by atoms with Gasteiger partial charge in [0.05, 0.1) is 6.54 Å². The molecule has 2 aromatic carbocycles. The minimum absolute atomic E-state index is 0.0244. The normalized spacial score (nSPS) is 16.9. The zero-order valence-electron chi connectivity index (χ0n) is 16.3. The highest BCUT2D eigenvalue weighted by molar-refractivity contribution is 7.99. The summed E-state index contributed by atoms with van der Waals surface area (Å²) in [6.45, 7) is 6.20. The second-order valence-corrected chi connectivity index (χ2v) is 8.70. The first kappa shape index (κ1) is 20.8. The van der Waals surface area contributed by atoms with Gasteiger partial charge in [0.15, 0.2) is 0 Å². The van der Waals surface area contributed by atoms with E-state index in [2.05, 4.69) is 13.8 Å². The zero-order chi connectivity index (χ0) is 20.1. The summed E-state index contributed by atoms with van der Waals surface area (Å²) in [7, 11) is 0. The smallest absolute Gasteiger partial charge is 0.237 e. The van der Waals surface area contributed by atoms with Gasteiger partial charge in [-0.05, 0) is 29.7 Å². The molecular formula is C22H26F2N2OS. The van der Waals surface area contributed by atoms with Crippen LogP contribution < -0.4 is 0 Å². The lowest BCUT2D eigenvalue weighted by Gasteiger charge is -2.29. The quantitative estimate of drug-likeness (QED) is 0.668. The van der Waals surface area contributed by atoms with Crippen LogP contribution in [0.1, 0.15) is 30.3 Å². The van der Waals surface area contributed by atoms with Crippen LogP contribution in [0.4, 0.5) is 8.78 Å². The minimum Gasteiger partial charge on any atom is -0.325 e. The van der Waals surface area contributed by atoms with Crippen molar-refractivity contribution in [1.82, 2.24) is 9.80 Å². The Bertz CT molecular complexity index is 797. The molecule has 3 nitrogen and oxygen atoms in total. The molecule has 0 bridgehead atoms. The molecule has 1 aliphatic heterocycles. The average Bonchev–Trinajstić information content (AvgIpc) is 3.13. The Morgan fingerprint density at radius 1 is 1.18 bits per heavy atom. The molecule has 150 valence electrons. The van der Waals surface area contributed by atoms with Crippen LogP contribution in [-0.2, 0) is 11.3 Å². The first-order chi connectivity index (χ1) is 13.4. The Balaban J connectivity index is 1.71. The van der Waals surface area contributed by atoms with E-state index in [1.165, 1.54) is 18.2 Å². The van der Waals surface area contributed by atoms with E-state index in [1.807, 2.05) is 15.9 Å². The molecule has 1 heterocycles. The summed E-state index contributed by atoms with van der Waals surface area (Å²) in [5.41, 5.74) is 1.53. The number of hydrogen-bond acceptors (Lipinski definition) is 3. The molecule has 0 aromatic heterocycles. The number of hydrogen-bond donors (Lipinski definition) is 0. The summed E-state index contributed by atoms with van der Waals surface area (Å²) in [5, 5.41) is -0.0949. The summed E-state index contributed by atoms with van der Waals surface area (Å²) >= 11 is 1.69. The number of rotatable bonds is 7. The molecule has 1 aliphatic rings. The van der Waals surface area contributed by atoms with Crippen molar-refractivity contribution in [2.75, 3.05) is 25.4 Å². The third kappa shape index (κ3) is 5.32. The molecule has 1 amide bonds. The fourth-order valence-corrected chi connectivity index (χ4v) is 4.76. The molecule has 1 atom stereocenters. The Hall–Kier alpha value is -1.92. The number of benzene rings is 2. The lowest BCUT2D eigenvalue weighted by molar-refractivity contribution is -0.132. The highest BCUT2D eigenvalue weighted by Crippen LogP contribution is 2.38. The van der Waals surface area contributed by atoms with Crippen molar-refractivity contribution in [3.05, 3.63) is 71.3 Å². The fourth-order valence-electron chi connectivity index (χ4n) is 3.48. The summed E-state index contributed by atoms with van der Waals surface area (Å²) < 4.78 is 27.3. The average molecular weight is 405 g/mol. The number of thioether (sulfide) groups is 1. The molecule has 6 heteroatoms. The molecule has 0 unspecified atom stereocenters. The molecular weight excluding hydrogens is 378 g/mol. The van der Waals surface area contributed by atoms with Crippen LogP contribution in [0.5, 0.6) is 0 Å². The van der Waals surface area contributed by atoms with E-state index in [4.69, 9.17) is 0 Å². The minimum atomic E-state index is -0.280. The van der Waals surface area contributed by atoms with Crippen molar-refractivity contribution in [2.24, 2.45) is 5.92 Å². The first-order valence-corrected chi connectivity index (χ1v) is 10.6. The van der Waals surface area contributed by atoms with Crippen molar-refractivity contribution in [3.8, 4) is 0 Å². The van der Waals surface area contributed by atoms with Gasteiger partial charge in [0.25, 0.3) is 0 Å². The Morgan fingerprint density at radius 2 is 1.89 bits per heavy atom. The Labute approximate surface area is 169 Å². The SMILES string of the molecule is CC(C)CN(CC(=O)N1CCS[C@H]1c1ccc(F)cc1)Cc1ccccc1F. The van der Waals surface area contributed by atoms with Gasteiger partial charge in [-0.1, -0.05) is 44.2 Å². The maximum Gasteiger partial charge on any atom is 0.237 e. The standard InChI is InChI=1S/C22H26F2N2OS/c1-16(2)13-25(14-18-5-3-4-6-20(18)24)15-21(27)26-11-12-28-22(26)17-7-9-19(23)10-8-17/h3-10,16,22H,11-15H2,1-2H3/t22-/m0/s1. The van der Waals surface area contributed by atoms with Crippen LogP contribution in [0.3, 0.4) is 0 Å². The maximum atomic E-state index is 14.1. The van der Waals surface area contributed by atoms with Gasteiger partial charge < -0.3 is 4.90 Å². The largest absolute Gasteiger partial charge is 0.325 e. The lowest BCUT2D eigenvalue weighted by Crippen LogP contribution is -2.41. The van der Waals surface area contributed by atoms with Gasteiger partial charge in [-0.25, -0.2) is 8.78 Å². The van der Waals surface area contributed by atoms with Gasteiger partial charge in [0.1, 0.15) is 17.0 Å². The molecule has 0 N–H and O–H groups in total. The summed E-state index contributed by atoms with van der Waals surface area (Å²) in [4.78, 5) is 16.9. The van der Waals surface area contributed by atoms with E-state index in [0.29, 0.717) is 31.1 Å². The van der Waals surface area contributed by atoms with Crippen molar-refractivity contribution < 1.29 is 13.6 Å². The van der Waals surface area contributed by atoms with Crippen LogP contribution in [0.15, 0.2) is 48.5 Å². The number of carbonyl (C=O) groups is 1. The Morgan fingerprint density at radius 3 is 2.57 bits per heavy atom. The third-order valence-corrected chi connectivity index (χ3v) is 5.96. The van der Waals surface area contributed by atoms with E-state index in [-0.39, 0.29) is 29.5 Å². The van der Waals surface area contributed by atoms with Gasteiger partial charge in [-0.2, -0.15) is 0 Å². The van der Waals surface area contributed by atoms with E-state index >= 15 is 0 Å². The van der Waals surface area contributed by atoms with E-state index < -0.39 is 0 Å². The van der Waals surface area contributed by atoms with E-state index in [0.717, 1.165) is 11.3 Å².